The van der Waals surface area contributed by atoms with Gasteiger partial charge >= 0.3 is 0 Å². The van der Waals surface area contributed by atoms with E-state index < -0.39 is 6.04 Å². The molecule has 1 aromatic carbocycles. The Kier molecular flexibility index (Phi) is 4.98. The summed E-state index contributed by atoms with van der Waals surface area (Å²) >= 11 is 6.14. The van der Waals surface area contributed by atoms with Crippen LogP contribution in [0.15, 0.2) is 30.3 Å². The molecule has 5 nitrogen and oxygen atoms in total. The third kappa shape index (κ3) is 3.62. The van der Waals surface area contributed by atoms with Gasteiger partial charge in [-0.05, 0) is 23.0 Å². The smallest absolute Gasteiger partial charge is 0.265 e. The lowest BCUT2D eigenvalue weighted by Gasteiger charge is -2.17. The van der Waals surface area contributed by atoms with Crippen molar-refractivity contribution in [3.8, 4) is 0 Å². The van der Waals surface area contributed by atoms with Crippen molar-refractivity contribution in [2.24, 2.45) is 5.73 Å². The normalized spacial score (nSPS) is 12.1. The van der Waals surface area contributed by atoms with Gasteiger partial charge in [0.15, 0.2) is 0 Å². The number of carbonyl (C=O) groups excluding carboxylic acids is 1. The highest BCUT2D eigenvalue weighted by atomic mass is 32.1. The Bertz CT molecular complexity index is 639. The monoisotopic (exact) mass is 320 g/mol. The highest BCUT2D eigenvalue weighted by molar-refractivity contribution is 7.80. The predicted octanol–water partition coefficient (Wildman–Crippen LogP) is 2.42. The largest absolute Gasteiger partial charge is 0.391 e. The lowest BCUT2D eigenvalue weighted by Crippen LogP contribution is -2.36. The van der Waals surface area contributed by atoms with Crippen molar-refractivity contribution in [2.75, 3.05) is 0 Å². The van der Waals surface area contributed by atoms with Crippen LogP contribution in [-0.2, 0) is 0 Å². The summed E-state index contributed by atoms with van der Waals surface area (Å²) in [6.45, 7) is 3.94. The maximum Gasteiger partial charge on any atom is 0.265 e. The van der Waals surface area contributed by atoms with Gasteiger partial charge in [-0.1, -0.05) is 60.9 Å². The van der Waals surface area contributed by atoms with Crippen LogP contribution in [-0.4, -0.2) is 20.5 Å². The summed E-state index contributed by atoms with van der Waals surface area (Å²) in [7, 11) is 0. The van der Waals surface area contributed by atoms with E-state index in [0.717, 1.165) is 17.1 Å². The first-order valence-corrected chi connectivity index (χ1v) is 7.66. The number of carbonyl (C=O) groups is 1. The van der Waals surface area contributed by atoms with Crippen LogP contribution < -0.4 is 11.1 Å². The molecule has 7 heteroatoms. The van der Waals surface area contributed by atoms with Crippen molar-refractivity contribution in [2.45, 2.75) is 25.8 Å². The molecule has 0 aliphatic rings. The van der Waals surface area contributed by atoms with E-state index in [9.17, 15) is 4.79 Å². The molecule has 1 heterocycles. The van der Waals surface area contributed by atoms with E-state index in [1.807, 2.05) is 44.2 Å². The molecule has 0 radical (unpaired) electrons. The minimum Gasteiger partial charge on any atom is -0.391 e. The molecular formula is C14H16N4OS2. The van der Waals surface area contributed by atoms with Gasteiger partial charge in [0.1, 0.15) is 15.9 Å². The average Bonchev–Trinajstić information content (AvgIpc) is 2.94. The molecule has 110 valence electrons. The second kappa shape index (κ2) is 6.73. The van der Waals surface area contributed by atoms with Crippen molar-refractivity contribution >= 4 is 34.6 Å². The number of rotatable bonds is 5. The van der Waals surface area contributed by atoms with Gasteiger partial charge in [-0.25, -0.2) is 0 Å². The topological polar surface area (TPSA) is 80.9 Å². The second-order valence-corrected chi connectivity index (χ2v) is 6.09. The molecule has 1 atom stereocenters. The first kappa shape index (κ1) is 15.5. The maximum atomic E-state index is 12.4. The molecule has 0 spiro atoms. The molecule has 0 fully saturated rings. The lowest BCUT2D eigenvalue weighted by atomic mass is 10.1. The molecule has 1 aromatic heterocycles. The molecule has 21 heavy (non-hydrogen) atoms. The number of benzene rings is 1. The van der Waals surface area contributed by atoms with Gasteiger partial charge in [-0.3, -0.25) is 4.79 Å². The Labute approximate surface area is 132 Å². The van der Waals surface area contributed by atoms with Crippen LogP contribution in [0.2, 0.25) is 0 Å². The zero-order valence-electron chi connectivity index (χ0n) is 11.7. The fourth-order valence-electron chi connectivity index (χ4n) is 1.89. The zero-order chi connectivity index (χ0) is 15.4. The second-order valence-electron chi connectivity index (χ2n) is 4.86. The molecule has 2 rings (SSSR count). The van der Waals surface area contributed by atoms with Crippen molar-refractivity contribution < 1.29 is 4.79 Å². The van der Waals surface area contributed by atoms with Gasteiger partial charge in [-0.2, -0.15) is 0 Å². The lowest BCUT2D eigenvalue weighted by molar-refractivity contribution is 0.0949. The van der Waals surface area contributed by atoms with E-state index in [1.54, 1.807) is 0 Å². The van der Waals surface area contributed by atoms with E-state index in [0.29, 0.717) is 10.6 Å². The van der Waals surface area contributed by atoms with Gasteiger partial charge in [0.2, 0.25) is 0 Å². The minimum absolute atomic E-state index is 0.129. The van der Waals surface area contributed by atoms with Crippen LogP contribution in [0.1, 0.15) is 46.7 Å². The van der Waals surface area contributed by atoms with Crippen molar-refractivity contribution in [3.05, 3.63) is 46.5 Å². The SMILES string of the molecule is CC(C)c1nnsc1C(=O)NC(C(N)=S)c1ccccc1. The third-order valence-corrected chi connectivity index (χ3v) is 3.94. The summed E-state index contributed by atoms with van der Waals surface area (Å²) in [6.07, 6.45) is 0. The van der Waals surface area contributed by atoms with Gasteiger partial charge in [0, 0.05) is 0 Å². The number of nitrogens with two attached hydrogens (primary N) is 1. The van der Waals surface area contributed by atoms with Gasteiger partial charge < -0.3 is 11.1 Å². The molecule has 0 aliphatic carbocycles. The summed E-state index contributed by atoms with van der Waals surface area (Å²) in [6, 6.07) is 8.89. The van der Waals surface area contributed by atoms with Gasteiger partial charge in [-0.15, -0.1) is 5.10 Å². The first-order valence-electron chi connectivity index (χ1n) is 6.48. The van der Waals surface area contributed by atoms with Crippen LogP contribution >= 0.6 is 23.8 Å². The molecule has 0 aliphatic heterocycles. The molecule has 1 amide bonds. The number of nitrogens with one attached hydrogen (secondary N) is 1. The molecule has 0 saturated carbocycles. The highest BCUT2D eigenvalue weighted by Crippen LogP contribution is 2.21. The average molecular weight is 320 g/mol. The summed E-state index contributed by atoms with van der Waals surface area (Å²) in [5.74, 6) is -0.125. The fourth-order valence-corrected chi connectivity index (χ4v) is 2.81. The van der Waals surface area contributed by atoms with E-state index in [2.05, 4.69) is 14.9 Å². The molecule has 3 N–H and O–H groups in total. The Morgan fingerprint density at radius 3 is 2.57 bits per heavy atom. The minimum atomic E-state index is -0.504. The van der Waals surface area contributed by atoms with Crippen molar-refractivity contribution in [1.29, 1.82) is 0 Å². The van der Waals surface area contributed by atoms with Crippen molar-refractivity contribution in [3.63, 3.8) is 0 Å². The van der Waals surface area contributed by atoms with E-state index >= 15 is 0 Å². The van der Waals surface area contributed by atoms with Gasteiger partial charge in [0.25, 0.3) is 5.91 Å². The zero-order valence-corrected chi connectivity index (χ0v) is 13.4. The van der Waals surface area contributed by atoms with Crippen LogP contribution in [0.3, 0.4) is 0 Å². The molecular weight excluding hydrogens is 304 g/mol. The Morgan fingerprint density at radius 2 is 2.00 bits per heavy atom. The van der Waals surface area contributed by atoms with Crippen molar-refractivity contribution in [1.82, 2.24) is 14.9 Å². The van der Waals surface area contributed by atoms with E-state index in [4.69, 9.17) is 18.0 Å². The number of hydrogen-bond acceptors (Lipinski definition) is 5. The fraction of sp³-hybridized carbons (Fsp3) is 0.286. The van der Waals surface area contributed by atoms with Crippen LogP contribution in [0.25, 0.3) is 0 Å². The number of thiocarbonyl (C=S) groups is 1. The molecule has 0 saturated heterocycles. The highest BCUT2D eigenvalue weighted by Gasteiger charge is 2.23. The molecule has 2 aromatic rings. The standard InChI is InChI=1S/C14H16N4OS2/c1-8(2)10-12(21-18-17-10)14(19)16-11(13(15)20)9-6-4-3-5-7-9/h3-8,11H,1-2H3,(H2,15,20)(H,16,19). The van der Waals surface area contributed by atoms with Crippen LogP contribution in [0, 0.1) is 0 Å². The summed E-state index contributed by atoms with van der Waals surface area (Å²) in [5, 5.41) is 6.86. The number of aromatic nitrogens is 2. The first-order chi connectivity index (χ1) is 10.0. The number of nitrogens with zero attached hydrogens (tertiary/aromatic N) is 2. The molecule has 1 unspecified atom stereocenters. The van der Waals surface area contributed by atoms with E-state index in [1.165, 1.54) is 0 Å². The Morgan fingerprint density at radius 1 is 1.33 bits per heavy atom. The van der Waals surface area contributed by atoms with Crippen LogP contribution in [0.5, 0.6) is 0 Å². The summed E-state index contributed by atoms with van der Waals surface area (Å²) in [4.78, 5) is 13.1. The Hall–Kier alpha value is -1.86. The summed E-state index contributed by atoms with van der Waals surface area (Å²) < 4.78 is 3.86. The number of hydrogen-bond donors (Lipinski definition) is 2. The maximum absolute atomic E-state index is 12.4. The Balaban J connectivity index is 2.24. The van der Waals surface area contributed by atoms with Crippen LogP contribution in [0.4, 0.5) is 0 Å². The third-order valence-electron chi connectivity index (χ3n) is 2.96. The molecule has 0 bridgehead atoms. The van der Waals surface area contributed by atoms with E-state index in [-0.39, 0.29) is 16.8 Å². The predicted molar refractivity (Wildman–Crippen MR) is 87.4 cm³/mol. The quantitative estimate of drug-likeness (QED) is 0.827. The summed E-state index contributed by atoms with van der Waals surface area (Å²) in [5.41, 5.74) is 7.29. The number of amides is 1. The van der Waals surface area contributed by atoms with Gasteiger partial charge in [0.05, 0.1) is 5.69 Å².